The molecule has 1 aromatic carbocycles. The Balaban J connectivity index is 1.95. The predicted octanol–water partition coefficient (Wildman–Crippen LogP) is 3.50. The van der Waals surface area contributed by atoms with Crippen LogP contribution in [-0.4, -0.2) is 16.1 Å². The molecule has 1 unspecified atom stereocenters. The van der Waals surface area contributed by atoms with Crippen molar-refractivity contribution in [2.75, 3.05) is 6.54 Å². The van der Waals surface area contributed by atoms with E-state index in [0.717, 1.165) is 36.2 Å². The van der Waals surface area contributed by atoms with Crippen molar-refractivity contribution in [2.45, 2.75) is 50.6 Å². The number of nitrogens with one attached hydrogen (secondary N) is 1. The highest BCUT2D eigenvalue weighted by Gasteiger charge is 2.41. The first-order valence-corrected chi connectivity index (χ1v) is 7.66. The van der Waals surface area contributed by atoms with Gasteiger partial charge in [0, 0.05) is 12.1 Å². The van der Waals surface area contributed by atoms with Crippen molar-refractivity contribution in [3.63, 3.8) is 0 Å². The molecule has 0 radical (unpaired) electrons. The third-order valence-electron chi connectivity index (χ3n) is 4.84. The Morgan fingerprint density at radius 2 is 2.30 bits per heavy atom. The van der Waals surface area contributed by atoms with E-state index >= 15 is 0 Å². The summed E-state index contributed by atoms with van der Waals surface area (Å²) in [5, 5.41) is 3.66. The maximum Gasteiger partial charge on any atom is 0.130 e. The minimum absolute atomic E-state index is 0.0158. The van der Waals surface area contributed by atoms with E-state index in [1.807, 2.05) is 6.07 Å². The van der Waals surface area contributed by atoms with Gasteiger partial charge in [0.25, 0.3) is 0 Å². The number of imidazole rings is 1. The quantitative estimate of drug-likeness (QED) is 0.927. The van der Waals surface area contributed by atoms with Crippen molar-refractivity contribution in [3.05, 3.63) is 29.8 Å². The first-order chi connectivity index (χ1) is 9.73. The molecule has 0 amide bonds. The molecule has 4 heteroatoms. The molecule has 1 aliphatic heterocycles. The minimum atomic E-state index is -0.200. The smallest absolute Gasteiger partial charge is 0.130 e. The van der Waals surface area contributed by atoms with Crippen LogP contribution in [0.1, 0.15) is 50.9 Å². The Morgan fingerprint density at radius 1 is 1.45 bits per heavy atom. The number of fused-ring (bicyclic) bond motifs is 1. The summed E-state index contributed by atoms with van der Waals surface area (Å²) in [6, 6.07) is 5.56. The molecule has 4 rings (SSSR count). The SMILES string of the molecule is CCC1(c2nc3cc(F)ccc3n2C2CC2)CCCN1. The first-order valence-electron chi connectivity index (χ1n) is 7.66. The largest absolute Gasteiger partial charge is 0.323 e. The van der Waals surface area contributed by atoms with E-state index in [1.165, 1.54) is 19.3 Å². The van der Waals surface area contributed by atoms with Crippen LogP contribution in [0.3, 0.4) is 0 Å². The van der Waals surface area contributed by atoms with E-state index in [1.54, 1.807) is 12.1 Å². The molecular weight excluding hydrogens is 253 g/mol. The van der Waals surface area contributed by atoms with Crippen LogP contribution in [0.25, 0.3) is 11.0 Å². The fourth-order valence-corrected chi connectivity index (χ4v) is 3.57. The summed E-state index contributed by atoms with van der Waals surface area (Å²) in [5.41, 5.74) is 1.87. The molecule has 2 heterocycles. The number of rotatable bonds is 3. The molecule has 20 heavy (non-hydrogen) atoms. The lowest BCUT2D eigenvalue weighted by atomic mass is 9.93. The summed E-state index contributed by atoms with van der Waals surface area (Å²) in [5.74, 6) is 0.926. The van der Waals surface area contributed by atoms with Gasteiger partial charge in [-0.2, -0.15) is 0 Å². The van der Waals surface area contributed by atoms with Crippen LogP contribution in [0.4, 0.5) is 4.39 Å². The molecule has 1 aliphatic carbocycles. The van der Waals surface area contributed by atoms with Crippen LogP contribution in [0.2, 0.25) is 0 Å². The first kappa shape index (κ1) is 12.3. The fourth-order valence-electron chi connectivity index (χ4n) is 3.57. The van der Waals surface area contributed by atoms with Gasteiger partial charge in [-0.1, -0.05) is 6.92 Å². The van der Waals surface area contributed by atoms with Gasteiger partial charge in [-0.15, -0.1) is 0 Å². The third kappa shape index (κ3) is 1.71. The molecule has 1 aromatic heterocycles. The van der Waals surface area contributed by atoms with Crippen LogP contribution in [-0.2, 0) is 5.54 Å². The number of hydrogen-bond donors (Lipinski definition) is 1. The fraction of sp³-hybridized carbons (Fsp3) is 0.562. The second-order valence-corrected chi connectivity index (χ2v) is 6.14. The molecule has 1 saturated carbocycles. The molecule has 1 atom stereocenters. The molecule has 106 valence electrons. The van der Waals surface area contributed by atoms with Crippen molar-refractivity contribution < 1.29 is 4.39 Å². The van der Waals surface area contributed by atoms with Crippen LogP contribution >= 0.6 is 0 Å². The van der Waals surface area contributed by atoms with Gasteiger partial charge in [0.1, 0.15) is 11.6 Å². The van der Waals surface area contributed by atoms with Crippen molar-refractivity contribution >= 4 is 11.0 Å². The summed E-state index contributed by atoms with van der Waals surface area (Å²) in [6.07, 6.45) is 5.79. The molecule has 3 nitrogen and oxygen atoms in total. The van der Waals surface area contributed by atoms with Crippen molar-refractivity contribution in [1.29, 1.82) is 0 Å². The highest BCUT2D eigenvalue weighted by molar-refractivity contribution is 5.76. The Kier molecular flexibility index (Phi) is 2.64. The van der Waals surface area contributed by atoms with Gasteiger partial charge < -0.3 is 9.88 Å². The Bertz CT molecular complexity index is 651. The van der Waals surface area contributed by atoms with E-state index in [-0.39, 0.29) is 11.4 Å². The Labute approximate surface area is 118 Å². The maximum atomic E-state index is 13.5. The standard InChI is InChI=1S/C16H20FN3/c1-2-16(8-3-9-18-16)15-19-13-10-11(17)4-7-14(13)20(15)12-5-6-12/h4,7,10,12,18H,2-3,5-6,8-9H2,1H3. The van der Waals surface area contributed by atoms with Gasteiger partial charge in [0.05, 0.1) is 16.6 Å². The average Bonchev–Trinajstić information content (AvgIpc) is 3.04. The van der Waals surface area contributed by atoms with E-state index in [0.29, 0.717) is 6.04 Å². The van der Waals surface area contributed by atoms with Crippen molar-refractivity contribution in [1.82, 2.24) is 14.9 Å². The lowest BCUT2D eigenvalue weighted by Crippen LogP contribution is -2.38. The van der Waals surface area contributed by atoms with E-state index in [4.69, 9.17) is 4.98 Å². The van der Waals surface area contributed by atoms with Crippen molar-refractivity contribution in [2.24, 2.45) is 0 Å². The van der Waals surface area contributed by atoms with E-state index in [2.05, 4.69) is 16.8 Å². The molecule has 2 aliphatic rings. The Hall–Kier alpha value is -1.42. The number of benzene rings is 1. The maximum absolute atomic E-state index is 13.5. The molecule has 0 bridgehead atoms. The lowest BCUT2D eigenvalue weighted by molar-refractivity contribution is 0.339. The van der Waals surface area contributed by atoms with Gasteiger partial charge in [-0.25, -0.2) is 9.37 Å². The van der Waals surface area contributed by atoms with Gasteiger partial charge in [-0.05, 0) is 50.8 Å². The van der Waals surface area contributed by atoms with Crippen LogP contribution in [0.15, 0.2) is 18.2 Å². The van der Waals surface area contributed by atoms with Crippen LogP contribution < -0.4 is 5.32 Å². The highest BCUT2D eigenvalue weighted by atomic mass is 19.1. The summed E-state index contributed by atoms with van der Waals surface area (Å²) in [4.78, 5) is 4.82. The second kappa shape index (κ2) is 4.29. The Morgan fingerprint density at radius 3 is 2.95 bits per heavy atom. The zero-order valence-corrected chi connectivity index (χ0v) is 11.8. The van der Waals surface area contributed by atoms with Gasteiger partial charge in [0.2, 0.25) is 0 Å². The highest BCUT2D eigenvalue weighted by Crippen LogP contribution is 2.43. The summed E-state index contributed by atoms with van der Waals surface area (Å²) < 4.78 is 15.9. The normalized spacial score (nSPS) is 26.5. The molecule has 1 saturated heterocycles. The third-order valence-corrected chi connectivity index (χ3v) is 4.84. The predicted molar refractivity (Wildman–Crippen MR) is 77.2 cm³/mol. The summed E-state index contributed by atoms with van der Waals surface area (Å²) in [6.45, 7) is 3.27. The molecule has 0 spiro atoms. The topological polar surface area (TPSA) is 29.9 Å². The van der Waals surface area contributed by atoms with Gasteiger partial charge >= 0.3 is 0 Å². The zero-order chi connectivity index (χ0) is 13.7. The summed E-state index contributed by atoms with van der Waals surface area (Å²) in [7, 11) is 0. The van der Waals surface area contributed by atoms with Crippen LogP contribution in [0.5, 0.6) is 0 Å². The lowest BCUT2D eigenvalue weighted by Gasteiger charge is -2.28. The number of aromatic nitrogens is 2. The molecule has 2 fully saturated rings. The molecule has 1 N–H and O–H groups in total. The second-order valence-electron chi connectivity index (χ2n) is 6.14. The average molecular weight is 273 g/mol. The van der Waals surface area contributed by atoms with E-state index in [9.17, 15) is 4.39 Å². The van der Waals surface area contributed by atoms with Gasteiger partial charge in [-0.3, -0.25) is 0 Å². The van der Waals surface area contributed by atoms with Crippen LogP contribution in [0, 0.1) is 5.82 Å². The zero-order valence-electron chi connectivity index (χ0n) is 11.8. The number of halogens is 1. The monoisotopic (exact) mass is 273 g/mol. The minimum Gasteiger partial charge on any atom is -0.323 e. The number of hydrogen-bond acceptors (Lipinski definition) is 2. The number of nitrogens with zero attached hydrogens (tertiary/aromatic N) is 2. The van der Waals surface area contributed by atoms with Gasteiger partial charge in [0.15, 0.2) is 0 Å². The molecular formula is C16H20FN3. The van der Waals surface area contributed by atoms with Crippen molar-refractivity contribution in [3.8, 4) is 0 Å². The van der Waals surface area contributed by atoms with E-state index < -0.39 is 0 Å². The summed E-state index contributed by atoms with van der Waals surface area (Å²) >= 11 is 0. The molecule has 2 aromatic rings.